The SMILES string of the molecule is CC(O)P(=O)(c1ccc(C#N)c(C#N)c1)C(C)O. The van der Waals surface area contributed by atoms with Crippen molar-refractivity contribution in [2.24, 2.45) is 0 Å². The van der Waals surface area contributed by atoms with Gasteiger partial charge in [0.1, 0.15) is 23.8 Å². The van der Waals surface area contributed by atoms with Crippen LogP contribution in [0.2, 0.25) is 0 Å². The van der Waals surface area contributed by atoms with E-state index in [0.717, 1.165) is 0 Å². The van der Waals surface area contributed by atoms with Gasteiger partial charge in [0.25, 0.3) is 0 Å². The molecule has 1 aromatic carbocycles. The third-order valence-electron chi connectivity index (χ3n) is 2.76. The average molecular weight is 264 g/mol. The smallest absolute Gasteiger partial charge is 0.169 e. The molecule has 1 rings (SSSR count). The van der Waals surface area contributed by atoms with Crippen molar-refractivity contribution in [3.05, 3.63) is 29.3 Å². The third-order valence-corrected chi connectivity index (χ3v) is 6.06. The molecule has 94 valence electrons. The van der Waals surface area contributed by atoms with Crippen LogP contribution < -0.4 is 5.30 Å². The Morgan fingerprint density at radius 2 is 1.61 bits per heavy atom. The van der Waals surface area contributed by atoms with E-state index in [9.17, 15) is 14.8 Å². The number of benzene rings is 1. The standard InChI is InChI=1S/C12H13N2O3P/c1-8(15)18(17,9(2)16)12-4-3-10(6-13)11(5-12)7-14/h3-5,8-9,15-16H,1-2H3. The van der Waals surface area contributed by atoms with Crippen molar-refractivity contribution < 1.29 is 14.8 Å². The Labute approximate surface area is 105 Å². The van der Waals surface area contributed by atoms with Crippen LogP contribution in [0.1, 0.15) is 25.0 Å². The van der Waals surface area contributed by atoms with Gasteiger partial charge in [0.05, 0.1) is 11.1 Å². The summed E-state index contributed by atoms with van der Waals surface area (Å²) in [5.41, 5.74) is 0.250. The molecule has 0 radical (unpaired) electrons. The van der Waals surface area contributed by atoms with Crippen LogP contribution in [0.25, 0.3) is 0 Å². The summed E-state index contributed by atoms with van der Waals surface area (Å²) in [5, 5.41) is 37.1. The first-order valence-corrected chi connectivity index (χ1v) is 7.12. The number of rotatable bonds is 3. The molecule has 0 saturated carbocycles. The molecule has 0 aliphatic rings. The second-order valence-corrected chi connectivity index (χ2v) is 7.36. The summed E-state index contributed by atoms with van der Waals surface area (Å²) in [6.07, 6.45) is 0. The monoisotopic (exact) mass is 264 g/mol. The predicted octanol–water partition coefficient (Wildman–Crippen LogP) is 1.09. The molecule has 0 amide bonds. The van der Waals surface area contributed by atoms with E-state index in [2.05, 4.69) is 0 Å². The van der Waals surface area contributed by atoms with Gasteiger partial charge in [-0.2, -0.15) is 10.5 Å². The Kier molecular flexibility index (Phi) is 4.27. The highest BCUT2D eigenvalue weighted by Crippen LogP contribution is 2.52. The van der Waals surface area contributed by atoms with Crippen LogP contribution in [0.5, 0.6) is 0 Å². The summed E-state index contributed by atoms with van der Waals surface area (Å²) in [5.74, 6) is -2.45. The van der Waals surface area contributed by atoms with E-state index in [1.165, 1.54) is 32.0 Å². The molecule has 0 fully saturated rings. The lowest BCUT2D eigenvalue weighted by Crippen LogP contribution is -2.23. The van der Waals surface area contributed by atoms with Crippen molar-refractivity contribution in [3.8, 4) is 12.1 Å². The number of hydrogen-bond acceptors (Lipinski definition) is 5. The first kappa shape index (κ1) is 14.4. The molecule has 1 aromatic rings. The zero-order chi connectivity index (χ0) is 13.9. The lowest BCUT2D eigenvalue weighted by molar-refractivity contribution is 0.231. The Morgan fingerprint density at radius 1 is 1.11 bits per heavy atom. The highest BCUT2D eigenvalue weighted by Gasteiger charge is 2.36. The zero-order valence-corrected chi connectivity index (χ0v) is 10.9. The molecule has 0 saturated heterocycles. The molecule has 0 bridgehead atoms. The van der Waals surface area contributed by atoms with Crippen LogP contribution in [0, 0.1) is 22.7 Å². The molecule has 18 heavy (non-hydrogen) atoms. The Bertz CT molecular complexity index is 570. The Balaban J connectivity index is 3.48. The topological polar surface area (TPSA) is 105 Å². The van der Waals surface area contributed by atoms with E-state index in [4.69, 9.17) is 10.5 Å². The molecule has 2 atom stereocenters. The van der Waals surface area contributed by atoms with Crippen molar-refractivity contribution in [1.82, 2.24) is 0 Å². The van der Waals surface area contributed by atoms with Gasteiger partial charge in [-0.05, 0) is 32.0 Å². The van der Waals surface area contributed by atoms with Crippen molar-refractivity contribution in [2.45, 2.75) is 25.5 Å². The van der Waals surface area contributed by atoms with Crippen LogP contribution in [0.15, 0.2) is 18.2 Å². The van der Waals surface area contributed by atoms with Gasteiger partial charge in [-0.3, -0.25) is 0 Å². The van der Waals surface area contributed by atoms with E-state index in [1.54, 1.807) is 0 Å². The molecule has 0 spiro atoms. The van der Waals surface area contributed by atoms with E-state index < -0.39 is 18.8 Å². The summed E-state index contributed by atoms with van der Waals surface area (Å²) in [4.78, 5) is 0. The van der Waals surface area contributed by atoms with Crippen LogP contribution in [0.3, 0.4) is 0 Å². The fourth-order valence-electron chi connectivity index (χ4n) is 1.68. The molecule has 0 heterocycles. The lowest BCUT2D eigenvalue weighted by Gasteiger charge is -2.24. The van der Waals surface area contributed by atoms with Gasteiger partial charge >= 0.3 is 0 Å². The number of hydrogen-bond donors (Lipinski definition) is 2. The fraction of sp³-hybridized carbons (Fsp3) is 0.333. The van der Waals surface area contributed by atoms with Gasteiger partial charge in [0.15, 0.2) is 7.14 Å². The summed E-state index contributed by atoms with van der Waals surface area (Å²) >= 11 is 0. The van der Waals surface area contributed by atoms with Gasteiger partial charge in [-0.15, -0.1) is 0 Å². The van der Waals surface area contributed by atoms with Gasteiger partial charge in [0, 0.05) is 5.30 Å². The Hall–Kier alpha value is -1.65. The van der Waals surface area contributed by atoms with Crippen LogP contribution in [-0.2, 0) is 4.57 Å². The molecule has 0 aliphatic heterocycles. The van der Waals surface area contributed by atoms with Crippen LogP contribution in [-0.4, -0.2) is 21.9 Å². The summed E-state index contributed by atoms with van der Waals surface area (Å²) in [7, 11) is -3.44. The van der Waals surface area contributed by atoms with Crippen LogP contribution in [0.4, 0.5) is 0 Å². The maximum atomic E-state index is 12.6. The van der Waals surface area contributed by atoms with E-state index in [0.29, 0.717) is 0 Å². The molecular formula is C12H13N2O3P. The molecule has 2 unspecified atom stereocenters. The number of nitrogens with zero attached hydrogens (tertiary/aromatic N) is 2. The van der Waals surface area contributed by atoms with Crippen LogP contribution >= 0.6 is 7.14 Å². The molecule has 0 aromatic heterocycles. The van der Waals surface area contributed by atoms with E-state index >= 15 is 0 Å². The van der Waals surface area contributed by atoms with E-state index in [-0.39, 0.29) is 16.4 Å². The number of nitriles is 2. The quantitative estimate of drug-likeness (QED) is 0.795. The minimum Gasteiger partial charge on any atom is -0.385 e. The second kappa shape index (κ2) is 5.33. The van der Waals surface area contributed by atoms with Crippen molar-refractivity contribution in [1.29, 1.82) is 10.5 Å². The summed E-state index contributed by atoms with van der Waals surface area (Å²) < 4.78 is 12.6. The predicted molar refractivity (Wildman–Crippen MR) is 66.5 cm³/mol. The van der Waals surface area contributed by atoms with Gasteiger partial charge in [-0.1, -0.05) is 0 Å². The highest BCUT2D eigenvalue weighted by molar-refractivity contribution is 7.72. The first-order valence-electron chi connectivity index (χ1n) is 5.28. The largest absolute Gasteiger partial charge is 0.385 e. The number of aliphatic hydroxyl groups is 2. The molecule has 5 nitrogen and oxygen atoms in total. The highest BCUT2D eigenvalue weighted by atomic mass is 31.2. The van der Waals surface area contributed by atoms with Gasteiger partial charge < -0.3 is 14.8 Å². The van der Waals surface area contributed by atoms with Crippen molar-refractivity contribution in [3.63, 3.8) is 0 Å². The first-order chi connectivity index (χ1) is 8.37. The molecule has 2 N–H and O–H groups in total. The molecule has 6 heteroatoms. The molecular weight excluding hydrogens is 251 g/mol. The Morgan fingerprint density at radius 3 is 2.00 bits per heavy atom. The normalized spacial score (nSPS) is 17.0. The lowest BCUT2D eigenvalue weighted by atomic mass is 10.1. The van der Waals surface area contributed by atoms with Gasteiger partial charge in [0.2, 0.25) is 0 Å². The zero-order valence-electron chi connectivity index (χ0n) is 10.0. The van der Waals surface area contributed by atoms with E-state index in [1.807, 2.05) is 12.1 Å². The fourth-order valence-corrected chi connectivity index (χ4v) is 3.81. The summed E-state index contributed by atoms with van der Waals surface area (Å²) in [6, 6.07) is 7.74. The van der Waals surface area contributed by atoms with Crippen molar-refractivity contribution in [2.75, 3.05) is 0 Å². The molecule has 0 aliphatic carbocycles. The minimum atomic E-state index is -3.44. The maximum Gasteiger partial charge on any atom is 0.169 e. The maximum absolute atomic E-state index is 12.6. The third kappa shape index (κ3) is 2.30. The summed E-state index contributed by atoms with van der Waals surface area (Å²) in [6.45, 7) is 2.66. The number of aliphatic hydroxyl groups excluding tert-OH is 2. The van der Waals surface area contributed by atoms with Crippen molar-refractivity contribution >= 4 is 12.4 Å². The average Bonchev–Trinajstić information content (AvgIpc) is 2.36. The minimum absolute atomic E-state index is 0.0801. The van der Waals surface area contributed by atoms with Gasteiger partial charge in [-0.25, -0.2) is 0 Å². The second-order valence-electron chi connectivity index (χ2n) is 3.93.